The third-order valence-electron chi connectivity index (χ3n) is 4.32. The van der Waals surface area contributed by atoms with Gasteiger partial charge in [0.05, 0.1) is 7.11 Å². The van der Waals surface area contributed by atoms with Crippen molar-refractivity contribution < 1.29 is 18.7 Å². The summed E-state index contributed by atoms with van der Waals surface area (Å²) in [6, 6.07) is 15.6. The van der Waals surface area contributed by atoms with Gasteiger partial charge in [-0.15, -0.1) is 0 Å². The van der Waals surface area contributed by atoms with E-state index in [-0.39, 0.29) is 24.7 Å². The van der Waals surface area contributed by atoms with E-state index in [1.807, 2.05) is 30.3 Å². The molecule has 5 nitrogen and oxygen atoms in total. The molecule has 0 spiro atoms. The summed E-state index contributed by atoms with van der Waals surface area (Å²) >= 11 is 1.27. The topological polar surface area (TPSA) is 59.0 Å². The van der Waals surface area contributed by atoms with Crippen LogP contribution in [-0.2, 0) is 19.2 Å². The third kappa shape index (κ3) is 3.73. The smallest absolute Gasteiger partial charge is 0.305 e. The number of hydrogen-bond acceptors (Lipinski definition) is 5. The van der Waals surface area contributed by atoms with Gasteiger partial charge in [-0.05, 0) is 24.1 Å². The van der Waals surface area contributed by atoms with Gasteiger partial charge < -0.3 is 4.74 Å². The Labute approximate surface area is 161 Å². The molecule has 0 saturated carbocycles. The predicted molar refractivity (Wildman–Crippen MR) is 102 cm³/mol. The number of ether oxygens (including phenoxy) is 1. The summed E-state index contributed by atoms with van der Waals surface area (Å²) in [6.45, 7) is 1.41. The SMILES string of the molecule is COC(=O)CCC1(c2ccccc2)SC(c2ccccc2F)=NN1C(C)=O. The van der Waals surface area contributed by atoms with Crippen LogP contribution in [0.25, 0.3) is 0 Å². The number of esters is 1. The summed E-state index contributed by atoms with van der Waals surface area (Å²) in [5.74, 6) is -1.08. The molecule has 0 aliphatic carbocycles. The molecule has 0 fully saturated rings. The maximum Gasteiger partial charge on any atom is 0.305 e. The Morgan fingerprint density at radius 3 is 2.44 bits per heavy atom. The van der Waals surface area contributed by atoms with Crippen LogP contribution in [-0.4, -0.2) is 29.0 Å². The van der Waals surface area contributed by atoms with Crippen molar-refractivity contribution in [1.82, 2.24) is 5.01 Å². The Bertz CT molecular complexity index is 888. The number of amides is 1. The van der Waals surface area contributed by atoms with Crippen LogP contribution in [0.1, 0.15) is 30.9 Å². The maximum atomic E-state index is 14.3. The lowest BCUT2D eigenvalue weighted by atomic mass is 10.00. The van der Waals surface area contributed by atoms with Crippen molar-refractivity contribution >= 4 is 28.7 Å². The molecule has 7 heteroatoms. The summed E-state index contributed by atoms with van der Waals surface area (Å²) in [4.78, 5) is 23.3. The normalized spacial score (nSPS) is 18.9. The Morgan fingerprint density at radius 2 is 1.81 bits per heavy atom. The van der Waals surface area contributed by atoms with Crippen LogP contribution in [0.5, 0.6) is 0 Å². The molecule has 1 unspecified atom stereocenters. The molecule has 0 saturated heterocycles. The second kappa shape index (κ2) is 7.92. The molecule has 2 aromatic rings. The standard InChI is InChI=1S/C20H19FN2O3S/c1-14(24)23-20(13-12-18(25)26-2,15-8-4-3-5-9-15)27-19(22-23)16-10-6-7-11-17(16)21/h3-11H,12-13H2,1-2H3. The average Bonchev–Trinajstić information content (AvgIpc) is 3.08. The van der Waals surface area contributed by atoms with Crippen molar-refractivity contribution in [2.75, 3.05) is 7.11 Å². The fourth-order valence-corrected chi connectivity index (χ4v) is 4.45. The number of halogens is 1. The highest BCUT2D eigenvalue weighted by molar-refractivity contribution is 8.15. The second-order valence-corrected chi connectivity index (χ2v) is 7.31. The van der Waals surface area contributed by atoms with Gasteiger partial charge in [-0.25, -0.2) is 9.40 Å². The van der Waals surface area contributed by atoms with E-state index in [9.17, 15) is 14.0 Å². The molecule has 1 atom stereocenters. The van der Waals surface area contributed by atoms with Gasteiger partial charge in [-0.2, -0.15) is 5.10 Å². The van der Waals surface area contributed by atoms with Crippen molar-refractivity contribution in [2.24, 2.45) is 5.10 Å². The molecule has 0 aromatic heterocycles. The number of hydrogen-bond donors (Lipinski definition) is 0. The van der Waals surface area contributed by atoms with Crippen molar-refractivity contribution in [2.45, 2.75) is 24.6 Å². The summed E-state index contributed by atoms with van der Waals surface area (Å²) in [6.07, 6.45) is 0.387. The molecule has 1 amide bonds. The molecule has 0 N–H and O–H groups in total. The van der Waals surface area contributed by atoms with Gasteiger partial charge in [0.25, 0.3) is 0 Å². The van der Waals surface area contributed by atoms with Gasteiger partial charge in [0, 0.05) is 18.9 Å². The van der Waals surface area contributed by atoms with Crippen LogP contribution < -0.4 is 0 Å². The van der Waals surface area contributed by atoms with Crippen LogP contribution >= 0.6 is 11.8 Å². The zero-order valence-electron chi connectivity index (χ0n) is 15.0. The van der Waals surface area contributed by atoms with E-state index >= 15 is 0 Å². The Hall–Kier alpha value is -2.67. The first-order valence-corrected chi connectivity index (χ1v) is 9.25. The molecule has 27 heavy (non-hydrogen) atoms. The second-order valence-electron chi connectivity index (χ2n) is 6.04. The van der Waals surface area contributed by atoms with E-state index in [4.69, 9.17) is 4.74 Å². The highest BCUT2D eigenvalue weighted by Crippen LogP contribution is 2.50. The zero-order valence-corrected chi connectivity index (χ0v) is 15.8. The number of nitrogens with zero attached hydrogens (tertiary/aromatic N) is 2. The van der Waals surface area contributed by atoms with Crippen LogP contribution in [0.4, 0.5) is 4.39 Å². The zero-order chi connectivity index (χ0) is 19.4. The minimum absolute atomic E-state index is 0.0995. The van der Waals surface area contributed by atoms with Gasteiger partial charge >= 0.3 is 5.97 Å². The molecule has 3 rings (SSSR count). The summed E-state index contributed by atoms with van der Waals surface area (Å²) in [5, 5.41) is 6.17. The summed E-state index contributed by atoms with van der Waals surface area (Å²) in [5.41, 5.74) is 1.13. The molecule has 2 aromatic carbocycles. The molecule has 1 aliphatic heterocycles. The number of benzene rings is 2. The van der Waals surface area contributed by atoms with Gasteiger partial charge in [0.2, 0.25) is 5.91 Å². The van der Waals surface area contributed by atoms with E-state index in [0.717, 1.165) is 5.56 Å². The van der Waals surface area contributed by atoms with Gasteiger partial charge in [0.1, 0.15) is 15.7 Å². The number of methoxy groups -OCH3 is 1. The predicted octanol–water partition coefficient (Wildman–Crippen LogP) is 3.89. The van der Waals surface area contributed by atoms with E-state index < -0.39 is 10.7 Å². The number of thioether (sulfide) groups is 1. The number of carbonyl (C=O) groups is 2. The van der Waals surface area contributed by atoms with Crippen molar-refractivity contribution in [3.8, 4) is 0 Å². The lowest BCUT2D eigenvalue weighted by Crippen LogP contribution is -2.40. The van der Waals surface area contributed by atoms with E-state index in [2.05, 4.69) is 5.10 Å². The van der Waals surface area contributed by atoms with E-state index in [1.165, 1.54) is 36.9 Å². The third-order valence-corrected chi connectivity index (χ3v) is 5.77. The minimum atomic E-state index is -0.946. The Balaban J connectivity index is 2.07. The molecule has 0 radical (unpaired) electrons. The van der Waals surface area contributed by atoms with Gasteiger partial charge in [-0.1, -0.05) is 54.2 Å². The Morgan fingerprint density at radius 1 is 1.15 bits per heavy atom. The number of hydrazone groups is 1. The van der Waals surface area contributed by atoms with Crippen LogP contribution in [0.3, 0.4) is 0 Å². The summed E-state index contributed by atoms with van der Waals surface area (Å²) < 4.78 is 19.1. The molecule has 1 aliphatic rings. The fraction of sp³-hybridized carbons (Fsp3) is 0.250. The Kier molecular flexibility index (Phi) is 5.60. The van der Waals surface area contributed by atoms with Crippen molar-refractivity contribution in [1.29, 1.82) is 0 Å². The molecule has 140 valence electrons. The number of carbonyl (C=O) groups excluding carboxylic acids is 2. The quantitative estimate of drug-likeness (QED) is 0.732. The average molecular weight is 386 g/mol. The maximum absolute atomic E-state index is 14.3. The van der Waals surface area contributed by atoms with Crippen LogP contribution in [0.15, 0.2) is 59.7 Å². The molecule has 0 bridgehead atoms. The lowest BCUT2D eigenvalue weighted by Gasteiger charge is -2.35. The van der Waals surface area contributed by atoms with Crippen LogP contribution in [0.2, 0.25) is 0 Å². The summed E-state index contributed by atoms with van der Waals surface area (Å²) in [7, 11) is 1.32. The lowest BCUT2D eigenvalue weighted by molar-refractivity contribution is -0.142. The van der Waals surface area contributed by atoms with Gasteiger partial charge in [0.15, 0.2) is 0 Å². The largest absolute Gasteiger partial charge is 0.469 e. The highest BCUT2D eigenvalue weighted by atomic mass is 32.2. The first-order valence-electron chi connectivity index (χ1n) is 8.43. The first kappa shape index (κ1) is 19.1. The fourth-order valence-electron chi connectivity index (χ4n) is 3.02. The van der Waals surface area contributed by atoms with E-state index in [1.54, 1.807) is 18.2 Å². The molecular weight excluding hydrogens is 367 g/mol. The van der Waals surface area contributed by atoms with Crippen molar-refractivity contribution in [3.05, 3.63) is 71.5 Å². The monoisotopic (exact) mass is 386 g/mol. The minimum Gasteiger partial charge on any atom is -0.469 e. The van der Waals surface area contributed by atoms with E-state index in [0.29, 0.717) is 10.6 Å². The van der Waals surface area contributed by atoms with Crippen molar-refractivity contribution in [3.63, 3.8) is 0 Å². The molecule has 1 heterocycles. The van der Waals surface area contributed by atoms with Gasteiger partial charge in [-0.3, -0.25) is 9.59 Å². The highest BCUT2D eigenvalue weighted by Gasteiger charge is 2.48. The molecular formula is C20H19FN2O3S. The number of rotatable bonds is 5. The first-order chi connectivity index (χ1) is 13.0. The van der Waals surface area contributed by atoms with Crippen LogP contribution in [0, 0.1) is 5.82 Å².